The number of hydrogen-bond donors (Lipinski definition) is 0. The van der Waals surface area contributed by atoms with E-state index in [1.807, 2.05) is 10.3 Å². The van der Waals surface area contributed by atoms with Crippen molar-refractivity contribution in [2.75, 3.05) is 18.8 Å². The number of nitrogens with zero attached hydrogens (tertiary/aromatic N) is 3. The average molecular weight is 351 g/mol. The number of hydrogen-bond acceptors (Lipinski definition) is 5. The second kappa shape index (κ2) is 7.49. The van der Waals surface area contributed by atoms with Gasteiger partial charge in [0.05, 0.1) is 11.4 Å². The third-order valence-electron chi connectivity index (χ3n) is 3.85. The largest absolute Gasteiger partial charge is 0.342 e. The molecule has 0 bridgehead atoms. The highest BCUT2D eigenvalue weighted by atomic mass is 32.2. The molecule has 0 radical (unpaired) electrons. The fourth-order valence-corrected chi connectivity index (χ4v) is 4.05. The van der Waals surface area contributed by atoms with E-state index in [0.29, 0.717) is 16.5 Å². The molecule has 1 saturated carbocycles. The molecule has 0 atom stereocenters. The van der Waals surface area contributed by atoms with E-state index in [2.05, 4.69) is 11.9 Å². The zero-order chi connectivity index (χ0) is 16.2. The number of thioether (sulfide) groups is 1. The van der Waals surface area contributed by atoms with E-state index in [1.165, 1.54) is 35.9 Å². The molecular formula is C16H21N3O2S2. The van der Waals surface area contributed by atoms with E-state index in [4.69, 9.17) is 0 Å². The third kappa shape index (κ3) is 4.35. The number of aromatic nitrogens is 2. The summed E-state index contributed by atoms with van der Waals surface area (Å²) in [5.74, 6) is 1.98. The van der Waals surface area contributed by atoms with E-state index in [9.17, 15) is 9.59 Å². The molecule has 3 rings (SSSR count). The second-order valence-corrected chi connectivity index (χ2v) is 7.78. The smallest absolute Gasteiger partial charge is 0.258 e. The molecule has 0 saturated heterocycles. The number of amides is 1. The average Bonchev–Trinajstić information content (AvgIpc) is 3.21. The predicted octanol–water partition coefficient (Wildman–Crippen LogP) is 2.64. The van der Waals surface area contributed by atoms with Crippen LogP contribution in [0, 0.1) is 5.92 Å². The van der Waals surface area contributed by atoms with Gasteiger partial charge >= 0.3 is 0 Å². The van der Waals surface area contributed by atoms with Gasteiger partial charge in [0.2, 0.25) is 5.91 Å². The first-order chi connectivity index (χ1) is 11.2. The van der Waals surface area contributed by atoms with Crippen LogP contribution in [0.4, 0.5) is 0 Å². The first kappa shape index (κ1) is 16.5. The molecule has 0 aromatic carbocycles. The maximum atomic E-state index is 12.3. The number of fused-ring (bicyclic) bond motifs is 1. The van der Waals surface area contributed by atoms with E-state index < -0.39 is 0 Å². The fraction of sp³-hybridized carbons (Fsp3) is 0.562. The number of thiazole rings is 1. The summed E-state index contributed by atoms with van der Waals surface area (Å²) >= 11 is 2.99. The molecule has 1 aliphatic carbocycles. The fourth-order valence-electron chi connectivity index (χ4n) is 2.50. The minimum Gasteiger partial charge on any atom is -0.342 e. The quantitative estimate of drug-likeness (QED) is 0.734. The Balaban J connectivity index is 1.54. The molecule has 2 aromatic heterocycles. The van der Waals surface area contributed by atoms with Gasteiger partial charge in [-0.25, -0.2) is 4.98 Å². The summed E-state index contributed by atoms with van der Waals surface area (Å²) in [5.41, 5.74) is 0.694. The zero-order valence-corrected chi connectivity index (χ0v) is 14.9. The summed E-state index contributed by atoms with van der Waals surface area (Å²) in [6.45, 7) is 3.86. The van der Waals surface area contributed by atoms with Crippen LogP contribution in [0.25, 0.3) is 4.96 Å². The van der Waals surface area contributed by atoms with Gasteiger partial charge in [-0.1, -0.05) is 6.92 Å². The van der Waals surface area contributed by atoms with Crippen molar-refractivity contribution < 1.29 is 4.79 Å². The SMILES string of the molecule is CCCN(CC1CC1)C(=O)CSCc1cc(=O)n2ccsc2n1. The minimum absolute atomic E-state index is 0.0560. The molecule has 2 aromatic rings. The van der Waals surface area contributed by atoms with Crippen LogP contribution in [0.1, 0.15) is 31.9 Å². The van der Waals surface area contributed by atoms with Crippen LogP contribution in [-0.2, 0) is 10.5 Å². The van der Waals surface area contributed by atoms with Crippen molar-refractivity contribution in [1.82, 2.24) is 14.3 Å². The lowest BCUT2D eigenvalue weighted by Crippen LogP contribution is -2.35. The molecular weight excluding hydrogens is 330 g/mol. The summed E-state index contributed by atoms with van der Waals surface area (Å²) in [7, 11) is 0. The lowest BCUT2D eigenvalue weighted by Gasteiger charge is -2.21. The van der Waals surface area contributed by atoms with E-state index in [0.717, 1.165) is 31.1 Å². The van der Waals surface area contributed by atoms with Gasteiger partial charge in [0.25, 0.3) is 5.56 Å². The maximum absolute atomic E-state index is 12.3. The van der Waals surface area contributed by atoms with Gasteiger partial charge in [0.1, 0.15) is 0 Å². The molecule has 124 valence electrons. The molecule has 1 aliphatic rings. The van der Waals surface area contributed by atoms with Gasteiger partial charge in [0, 0.05) is 36.5 Å². The van der Waals surface area contributed by atoms with Crippen molar-refractivity contribution in [2.24, 2.45) is 5.92 Å². The van der Waals surface area contributed by atoms with Crippen LogP contribution in [0.15, 0.2) is 22.4 Å². The van der Waals surface area contributed by atoms with Crippen LogP contribution in [0.2, 0.25) is 0 Å². The Hall–Kier alpha value is -1.34. The monoisotopic (exact) mass is 351 g/mol. The van der Waals surface area contributed by atoms with Gasteiger partial charge in [-0.05, 0) is 25.2 Å². The van der Waals surface area contributed by atoms with E-state index >= 15 is 0 Å². The van der Waals surface area contributed by atoms with Crippen LogP contribution in [0.5, 0.6) is 0 Å². The minimum atomic E-state index is -0.0560. The van der Waals surface area contributed by atoms with Gasteiger partial charge in [-0.15, -0.1) is 23.1 Å². The Morgan fingerprint density at radius 3 is 3.09 bits per heavy atom. The molecule has 23 heavy (non-hydrogen) atoms. The Morgan fingerprint density at radius 2 is 2.35 bits per heavy atom. The Morgan fingerprint density at radius 1 is 1.52 bits per heavy atom. The highest BCUT2D eigenvalue weighted by Crippen LogP contribution is 2.30. The lowest BCUT2D eigenvalue weighted by molar-refractivity contribution is -0.128. The number of carbonyl (C=O) groups excluding carboxylic acids is 1. The Labute approximate surface area is 143 Å². The molecule has 7 heteroatoms. The molecule has 1 fully saturated rings. The van der Waals surface area contributed by atoms with Crippen LogP contribution in [-0.4, -0.2) is 39.0 Å². The Kier molecular flexibility index (Phi) is 5.38. The molecule has 0 unspecified atom stereocenters. The lowest BCUT2D eigenvalue weighted by atomic mass is 10.3. The van der Waals surface area contributed by atoms with Crippen molar-refractivity contribution in [3.8, 4) is 0 Å². The van der Waals surface area contributed by atoms with Crippen molar-refractivity contribution in [3.63, 3.8) is 0 Å². The van der Waals surface area contributed by atoms with Gasteiger partial charge in [-0.2, -0.15) is 0 Å². The van der Waals surface area contributed by atoms with E-state index in [1.54, 1.807) is 16.7 Å². The molecule has 0 aliphatic heterocycles. The van der Waals surface area contributed by atoms with Crippen molar-refractivity contribution >= 4 is 34.0 Å². The summed E-state index contributed by atoms with van der Waals surface area (Å²) in [6.07, 6.45) is 5.25. The van der Waals surface area contributed by atoms with Crippen molar-refractivity contribution in [2.45, 2.75) is 31.9 Å². The van der Waals surface area contributed by atoms with Crippen LogP contribution >= 0.6 is 23.1 Å². The topological polar surface area (TPSA) is 54.7 Å². The van der Waals surface area contributed by atoms with Crippen molar-refractivity contribution in [3.05, 3.63) is 33.7 Å². The maximum Gasteiger partial charge on any atom is 0.258 e. The van der Waals surface area contributed by atoms with Crippen molar-refractivity contribution in [1.29, 1.82) is 0 Å². The molecule has 2 heterocycles. The highest BCUT2D eigenvalue weighted by molar-refractivity contribution is 7.99. The van der Waals surface area contributed by atoms with Gasteiger partial charge < -0.3 is 4.90 Å². The summed E-state index contributed by atoms with van der Waals surface area (Å²) < 4.78 is 1.54. The Bertz CT molecular complexity index is 736. The molecule has 5 nitrogen and oxygen atoms in total. The first-order valence-electron chi connectivity index (χ1n) is 7.98. The number of rotatable bonds is 8. The molecule has 0 spiro atoms. The zero-order valence-electron chi connectivity index (χ0n) is 13.2. The second-order valence-electron chi connectivity index (χ2n) is 5.92. The third-order valence-corrected chi connectivity index (χ3v) is 5.56. The summed E-state index contributed by atoms with van der Waals surface area (Å²) in [5, 5.41) is 1.85. The standard InChI is InChI=1S/C16H21N3O2S2/c1-2-5-18(9-12-3-4-12)15(21)11-22-10-13-8-14(20)19-6-7-23-16(19)17-13/h6-8,12H,2-5,9-11H2,1H3. The van der Waals surface area contributed by atoms with Crippen LogP contribution < -0.4 is 5.56 Å². The van der Waals surface area contributed by atoms with Gasteiger partial charge in [-0.3, -0.25) is 14.0 Å². The number of carbonyl (C=O) groups is 1. The highest BCUT2D eigenvalue weighted by Gasteiger charge is 2.26. The van der Waals surface area contributed by atoms with E-state index in [-0.39, 0.29) is 11.5 Å². The first-order valence-corrected chi connectivity index (χ1v) is 10.0. The van der Waals surface area contributed by atoms with Crippen LogP contribution in [0.3, 0.4) is 0 Å². The predicted molar refractivity (Wildman–Crippen MR) is 95.1 cm³/mol. The normalized spacial score (nSPS) is 14.3. The molecule has 1 amide bonds. The summed E-state index contributed by atoms with van der Waals surface area (Å²) in [4.78, 5) is 31.4. The summed E-state index contributed by atoms with van der Waals surface area (Å²) in [6, 6.07) is 1.56. The molecule has 0 N–H and O–H groups in total. The van der Waals surface area contributed by atoms with Gasteiger partial charge in [0.15, 0.2) is 4.96 Å².